The van der Waals surface area contributed by atoms with Crippen LogP contribution >= 0.6 is 11.3 Å². The van der Waals surface area contributed by atoms with Crippen LogP contribution in [0.15, 0.2) is 41.4 Å². The van der Waals surface area contributed by atoms with Gasteiger partial charge in [0, 0.05) is 35.2 Å². The molecule has 0 amide bonds. The van der Waals surface area contributed by atoms with Gasteiger partial charge in [0.25, 0.3) is 0 Å². The highest BCUT2D eigenvalue weighted by Gasteiger charge is 2.23. The van der Waals surface area contributed by atoms with Crippen molar-refractivity contribution < 1.29 is 4.52 Å². The number of hydrogen-bond donors (Lipinski definition) is 0. The zero-order chi connectivity index (χ0) is 18.2. The van der Waals surface area contributed by atoms with Gasteiger partial charge in [0.1, 0.15) is 6.04 Å². The van der Waals surface area contributed by atoms with E-state index in [-0.39, 0.29) is 6.04 Å². The summed E-state index contributed by atoms with van der Waals surface area (Å²) in [6.45, 7) is 2.03. The second-order valence-corrected chi connectivity index (χ2v) is 7.71. The van der Waals surface area contributed by atoms with E-state index in [4.69, 9.17) is 9.51 Å². The van der Waals surface area contributed by atoms with Crippen molar-refractivity contribution >= 4 is 11.3 Å². The number of thiazole rings is 1. The average molecular weight is 378 g/mol. The monoisotopic (exact) mass is 378 g/mol. The minimum atomic E-state index is -0.138. The van der Waals surface area contributed by atoms with Gasteiger partial charge >= 0.3 is 0 Å². The van der Waals surface area contributed by atoms with E-state index in [0.717, 1.165) is 29.2 Å². The molecular weight excluding hydrogens is 360 g/mol. The van der Waals surface area contributed by atoms with Crippen LogP contribution in [0.4, 0.5) is 0 Å². The molecule has 8 heteroatoms. The van der Waals surface area contributed by atoms with E-state index in [1.54, 1.807) is 29.9 Å². The molecule has 0 saturated heterocycles. The second-order valence-electron chi connectivity index (χ2n) is 6.63. The lowest BCUT2D eigenvalue weighted by atomic mass is 10.0. The molecule has 1 aliphatic carbocycles. The van der Waals surface area contributed by atoms with Crippen LogP contribution < -0.4 is 0 Å². The van der Waals surface area contributed by atoms with Crippen LogP contribution in [0.3, 0.4) is 0 Å². The molecule has 0 fully saturated rings. The van der Waals surface area contributed by atoms with Crippen LogP contribution in [-0.4, -0.2) is 29.7 Å². The Morgan fingerprint density at radius 2 is 2.11 bits per heavy atom. The normalized spacial score (nSPS) is 14.9. The lowest BCUT2D eigenvalue weighted by Crippen LogP contribution is -2.08. The molecule has 0 bridgehead atoms. The number of hydrogen-bond acceptors (Lipinski definition) is 7. The third kappa shape index (κ3) is 2.95. The SMILES string of the molecule is CC(c1nc(-c2cccnc2)no1)n1ccnc1-c1nc2c(s1)CCCC2. The highest BCUT2D eigenvalue weighted by molar-refractivity contribution is 7.15. The van der Waals surface area contributed by atoms with Crippen molar-refractivity contribution in [3.63, 3.8) is 0 Å². The highest BCUT2D eigenvalue weighted by Crippen LogP contribution is 2.33. The molecule has 0 saturated carbocycles. The molecule has 0 radical (unpaired) electrons. The molecule has 4 aromatic rings. The van der Waals surface area contributed by atoms with E-state index >= 15 is 0 Å². The topological polar surface area (TPSA) is 82.5 Å². The maximum Gasteiger partial charge on any atom is 0.249 e. The maximum absolute atomic E-state index is 5.52. The third-order valence-electron chi connectivity index (χ3n) is 4.84. The van der Waals surface area contributed by atoms with Crippen molar-refractivity contribution in [2.45, 2.75) is 38.6 Å². The first-order valence-corrected chi connectivity index (χ1v) is 9.87. The standard InChI is InChI=1S/C19H18N6OS/c1-12(18-23-16(24-26-18)13-5-4-8-20-11-13)25-10-9-21-17(25)19-22-14-6-2-3-7-15(14)27-19/h4-5,8-12H,2-3,6-7H2,1H3. The Hall–Kier alpha value is -2.87. The van der Waals surface area contributed by atoms with Crippen LogP contribution in [0.1, 0.15) is 42.3 Å². The first-order valence-electron chi connectivity index (χ1n) is 9.05. The summed E-state index contributed by atoms with van der Waals surface area (Å²) in [5.74, 6) is 1.92. The maximum atomic E-state index is 5.52. The number of imidazole rings is 1. The Morgan fingerprint density at radius 1 is 1.19 bits per heavy atom. The number of pyridine rings is 1. The minimum Gasteiger partial charge on any atom is -0.337 e. The van der Waals surface area contributed by atoms with Crippen LogP contribution in [0.5, 0.6) is 0 Å². The Labute approximate surface area is 160 Å². The van der Waals surface area contributed by atoms with Crippen molar-refractivity contribution in [2.24, 2.45) is 0 Å². The minimum absolute atomic E-state index is 0.138. The molecule has 27 heavy (non-hydrogen) atoms. The number of aryl methyl sites for hydroxylation is 2. The highest BCUT2D eigenvalue weighted by atomic mass is 32.1. The Balaban J connectivity index is 1.47. The fourth-order valence-corrected chi connectivity index (χ4v) is 4.53. The Morgan fingerprint density at radius 3 is 2.96 bits per heavy atom. The predicted octanol–water partition coefficient (Wildman–Crippen LogP) is 3.94. The van der Waals surface area contributed by atoms with Gasteiger partial charge in [0.15, 0.2) is 10.8 Å². The van der Waals surface area contributed by atoms with Crippen molar-refractivity contribution in [2.75, 3.05) is 0 Å². The molecule has 7 nitrogen and oxygen atoms in total. The molecular formula is C19H18N6OS. The zero-order valence-electron chi connectivity index (χ0n) is 14.9. The number of fused-ring (bicyclic) bond motifs is 1. The van der Waals surface area contributed by atoms with Crippen molar-refractivity contribution in [1.29, 1.82) is 0 Å². The van der Waals surface area contributed by atoms with Crippen molar-refractivity contribution in [3.8, 4) is 22.2 Å². The van der Waals surface area contributed by atoms with Gasteiger partial charge in [-0.2, -0.15) is 4.98 Å². The summed E-state index contributed by atoms with van der Waals surface area (Å²) in [5, 5.41) is 5.06. The fraction of sp³-hybridized carbons (Fsp3) is 0.316. The van der Waals surface area contributed by atoms with Crippen molar-refractivity contribution in [3.05, 3.63) is 53.4 Å². The summed E-state index contributed by atoms with van der Waals surface area (Å²) in [6, 6.07) is 3.63. The molecule has 0 aromatic carbocycles. The first kappa shape index (κ1) is 16.3. The van der Waals surface area contributed by atoms with E-state index in [1.807, 2.05) is 29.8 Å². The first-order chi connectivity index (χ1) is 13.3. The molecule has 4 aromatic heterocycles. The van der Waals surface area contributed by atoms with Crippen LogP contribution in [-0.2, 0) is 12.8 Å². The average Bonchev–Trinajstić information content (AvgIpc) is 3.46. The van der Waals surface area contributed by atoms with E-state index in [0.29, 0.717) is 11.7 Å². The fourth-order valence-electron chi connectivity index (χ4n) is 3.38. The summed E-state index contributed by atoms with van der Waals surface area (Å²) in [6.07, 6.45) is 11.8. The molecule has 5 rings (SSSR count). The van der Waals surface area contributed by atoms with Gasteiger partial charge in [-0.3, -0.25) is 4.98 Å². The second kappa shape index (κ2) is 6.70. The van der Waals surface area contributed by atoms with E-state index in [1.165, 1.54) is 23.4 Å². The summed E-state index contributed by atoms with van der Waals surface area (Å²) >= 11 is 1.75. The third-order valence-corrected chi connectivity index (χ3v) is 6.00. The summed E-state index contributed by atoms with van der Waals surface area (Å²) < 4.78 is 7.57. The van der Waals surface area contributed by atoms with Gasteiger partial charge in [0.2, 0.25) is 11.7 Å². The van der Waals surface area contributed by atoms with Crippen LogP contribution in [0, 0.1) is 0 Å². The van der Waals surface area contributed by atoms with Gasteiger partial charge in [-0.25, -0.2) is 9.97 Å². The van der Waals surface area contributed by atoms with Gasteiger partial charge in [-0.1, -0.05) is 5.16 Å². The molecule has 1 unspecified atom stereocenters. The molecule has 0 N–H and O–H groups in total. The molecule has 1 atom stereocenters. The summed E-state index contributed by atoms with van der Waals surface area (Å²) in [5.41, 5.74) is 2.07. The van der Waals surface area contributed by atoms with Gasteiger partial charge in [-0.15, -0.1) is 11.3 Å². The number of rotatable bonds is 4. The largest absolute Gasteiger partial charge is 0.337 e. The van der Waals surface area contributed by atoms with Crippen LogP contribution in [0.2, 0.25) is 0 Å². The molecule has 4 heterocycles. The summed E-state index contributed by atoms with van der Waals surface area (Å²) in [7, 11) is 0. The number of nitrogens with zero attached hydrogens (tertiary/aromatic N) is 6. The van der Waals surface area contributed by atoms with Gasteiger partial charge in [-0.05, 0) is 44.7 Å². The van der Waals surface area contributed by atoms with Crippen LogP contribution in [0.25, 0.3) is 22.2 Å². The quantitative estimate of drug-likeness (QED) is 0.535. The molecule has 0 aliphatic heterocycles. The molecule has 136 valence electrons. The van der Waals surface area contributed by atoms with Crippen molar-refractivity contribution in [1.82, 2.24) is 29.7 Å². The lowest BCUT2D eigenvalue weighted by Gasteiger charge is -2.10. The Bertz CT molecular complexity index is 1040. The molecule has 1 aliphatic rings. The smallest absolute Gasteiger partial charge is 0.249 e. The van der Waals surface area contributed by atoms with Gasteiger partial charge < -0.3 is 9.09 Å². The van der Waals surface area contributed by atoms with E-state index in [2.05, 4.69) is 20.1 Å². The zero-order valence-corrected chi connectivity index (χ0v) is 15.7. The molecule has 0 spiro atoms. The predicted molar refractivity (Wildman–Crippen MR) is 101 cm³/mol. The van der Waals surface area contributed by atoms with Gasteiger partial charge in [0.05, 0.1) is 5.69 Å². The lowest BCUT2D eigenvalue weighted by molar-refractivity contribution is 0.346. The number of aromatic nitrogens is 6. The Kier molecular flexibility index (Phi) is 4.05. The van der Waals surface area contributed by atoms with E-state index < -0.39 is 0 Å². The van der Waals surface area contributed by atoms with E-state index in [9.17, 15) is 0 Å². The summed E-state index contributed by atoms with van der Waals surface area (Å²) in [4.78, 5) is 19.5.